The van der Waals surface area contributed by atoms with Crippen LogP contribution in [0.25, 0.3) is 0 Å². The summed E-state index contributed by atoms with van der Waals surface area (Å²) < 4.78 is 41.6. The van der Waals surface area contributed by atoms with Crippen LogP contribution < -0.4 is 5.32 Å². The molecule has 170 valence electrons. The van der Waals surface area contributed by atoms with Crippen molar-refractivity contribution in [3.63, 3.8) is 0 Å². The third-order valence-electron chi connectivity index (χ3n) is 5.88. The summed E-state index contributed by atoms with van der Waals surface area (Å²) in [6.45, 7) is 2.79. The van der Waals surface area contributed by atoms with Crippen LogP contribution in [0, 0.1) is 19.3 Å². The van der Waals surface area contributed by atoms with E-state index in [2.05, 4.69) is 16.1 Å². The molecule has 7 heteroatoms. The molecule has 1 fully saturated rings. The Hall–Kier alpha value is -2.82. The summed E-state index contributed by atoms with van der Waals surface area (Å²) in [6.07, 6.45) is 3.99. The van der Waals surface area contributed by atoms with E-state index in [1.165, 1.54) is 12.1 Å². The fraction of sp³-hybridized carbons (Fsp3) is 0.400. The van der Waals surface area contributed by atoms with E-state index >= 15 is 0 Å². The number of carbonyl (C=O) groups excluding carboxylic acids is 1. The predicted octanol–water partition coefficient (Wildman–Crippen LogP) is 5.12. The molecule has 0 aliphatic carbocycles. The molecule has 1 atom stereocenters. The van der Waals surface area contributed by atoms with Gasteiger partial charge >= 0.3 is 6.18 Å². The first-order valence-corrected chi connectivity index (χ1v) is 10.6. The van der Waals surface area contributed by atoms with Crippen molar-refractivity contribution in [1.82, 2.24) is 9.80 Å². The van der Waals surface area contributed by atoms with Crippen molar-refractivity contribution in [1.29, 1.82) is 0 Å². The molecule has 1 N–H and O–H groups in total. The first kappa shape index (κ1) is 23.8. The Kier molecular flexibility index (Phi) is 7.27. The second-order valence-electron chi connectivity index (χ2n) is 8.41. The SMILES string of the molecule is C#Cc1cc(C(=O)Nc2ccc(CN3CCCCC3N(C)C)c(C(F)(F)F)c2)ccc1C. The van der Waals surface area contributed by atoms with E-state index < -0.39 is 17.6 Å². The highest BCUT2D eigenvalue weighted by Crippen LogP contribution is 2.35. The van der Waals surface area contributed by atoms with Crippen molar-refractivity contribution in [2.45, 2.75) is 45.1 Å². The minimum Gasteiger partial charge on any atom is -0.322 e. The summed E-state index contributed by atoms with van der Waals surface area (Å²) >= 11 is 0. The minimum atomic E-state index is -4.53. The molecule has 0 bridgehead atoms. The van der Waals surface area contributed by atoms with Crippen molar-refractivity contribution in [3.8, 4) is 12.3 Å². The van der Waals surface area contributed by atoms with Gasteiger partial charge in [-0.05, 0) is 82.2 Å². The van der Waals surface area contributed by atoms with Crippen molar-refractivity contribution >= 4 is 11.6 Å². The lowest BCUT2D eigenvalue weighted by atomic mass is 10.0. The predicted molar refractivity (Wildman–Crippen MR) is 120 cm³/mol. The number of likely N-dealkylation sites (tertiary alicyclic amines) is 1. The number of terminal acetylenes is 1. The van der Waals surface area contributed by atoms with Crippen LogP contribution in [0.2, 0.25) is 0 Å². The molecule has 4 nitrogen and oxygen atoms in total. The molecule has 2 aromatic rings. The summed E-state index contributed by atoms with van der Waals surface area (Å²) in [5.74, 6) is 2.00. The summed E-state index contributed by atoms with van der Waals surface area (Å²) in [5, 5.41) is 2.57. The molecule has 0 spiro atoms. The van der Waals surface area contributed by atoms with Gasteiger partial charge in [0.15, 0.2) is 0 Å². The van der Waals surface area contributed by atoms with E-state index in [1.54, 1.807) is 18.2 Å². The van der Waals surface area contributed by atoms with E-state index in [9.17, 15) is 18.0 Å². The molecule has 0 aromatic heterocycles. The normalized spacial score (nSPS) is 17.2. The third kappa shape index (κ3) is 5.50. The first-order chi connectivity index (χ1) is 15.1. The maximum atomic E-state index is 13.9. The second-order valence-corrected chi connectivity index (χ2v) is 8.41. The molecule has 1 unspecified atom stereocenters. The fourth-order valence-corrected chi connectivity index (χ4v) is 4.14. The molecule has 0 saturated carbocycles. The number of hydrogen-bond acceptors (Lipinski definition) is 3. The second kappa shape index (κ2) is 9.76. The molecular formula is C25H28F3N3O. The number of benzene rings is 2. The largest absolute Gasteiger partial charge is 0.416 e. The van der Waals surface area contributed by atoms with Gasteiger partial charge in [0.2, 0.25) is 0 Å². The lowest BCUT2D eigenvalue weighted by molar-refractivity contribution is -0.138. The zero-order valence-electron chi connectivity index (χ0n) is 18.6. The van der Waals surface area contributed by atoms with E-state index in [1.807, 2.05) is 25.9 Å². The van der Waals surface area contributed by atoms with Crippen molar-refractivity contribution < 1.29 is 18.0 Å². The minimum absolute atomic E-state index is 0.0942. The van der Waals surface area contributed by atoms with Gasteiger partial charge in [-0.3, -0.25) is 14.6 Å². The van der Waals surface area contributed by atoms with Gasteiger partial charge in [0.25, 0.3) is 5.91 Å². The monoisotopic (exact) mass is 443 g/mol. The van der Waals surface area contributed by atoms with E-state index in [0.717, 1.165) is 37.4 Å². The van der Waals surface area contributed by atoms with Crippen LogP contribution in [0.15, 0.2) is 36.4 Å². The zero-order chi connectivity index (χ0) is 23.5. The lowest BCUT2D eigenvalue weighted by Crippen LogP contribution is -2.47. The number of nitrogens with one attached hydrogen (secondary N) is 1. The number of anilines is 1. The molecule has 1 aliphatic rings. The van der Waals surface area contributed by atoms with Crippen LogP contribution in [0.5, 0.6) is 0 Å². The van der Waals surface area contributed by atoms with Crippen LogP contribution in [0.1, 0.15) is 51.9 Å². The number of nitrogens with zero attached hydrogens (tertiary/aromatic N) is 2. The Morgan fingerprint density at radius 3 is 2.62 bits per heavy atom. The number of halogens is 3. The van der Waals surface area contributed by atoms with E-state index in [-0.39, 0.29) is 24.0 Å². The molecule has 1 aliphatic heterocycles. The third-order valence-corrected chi connectivity index (χ3v) is 5.88. The molecule has 2 aromatic carbocycles. The number of hydrogen-bond donors (Lipinski definition) is 1. The molecule has 1 amide bonds. The lowest BCUT2D eigenvalue weighted by Gasteiger charge is -2.40. The number of alkyl halides is 3. The number of aryl methyl sites for hydroxylation is 1. The Morgan fingerprint density at radius 1 is 1.22 bits per heavy atom. The van der Waals surface area contributed by atoms with Crippen LogP contribution >= 0.6 is 0 Å². The molecular weight excluding hydrogens is 415 g/mol. The Balaban J connectivity index is 1.85. The van der Waals surface area contributed by atoms with Gasteiger partial charge in [-0.15, -0.1) is 6.42 Å². The maximum Gasteiger partial charge on any atom is 0.416 e. The summed E-state index contributed by atoms with van der Waals surface area (Å²) in [4.78, 5) is 16.7. The van der Waals surface area contributed by atoms with E-state index in [0.29, 0.717) is 11.1 Å². The number of amides is 1. The first-order valence-electron chi connectivity index (χ1n) is 10.6. The smallest absolute Gasteiger partial charge is 0.322 e. The van der Waals surface area contributed by atoms with Gasteiger partial charge in [0.1, 0.15) is 0 Å². The van der Waals surface area contributed by atoms with Gasteiger partial charge in [-0.25, -0.2) is 0 Å². The zero-order valence-corrected chi connectivity index (χ0v) is 18.6. The van der Waals surface area contributed by atoms with Gasteiger partial charge in [0.05, 0.1) is 11.7 Å². The molecule has 1 heterocycles. The maximum absolute atomic E-state index is 13.9. The van der Waals surface area contributed by atoms with Gasteiger partial charge in [-0.2, -0.15) is 13.2 Å². The van der Waals surface area contributed by atoms with Gasteiger partial charge in [-0.1, -0.05) is 18.1 Å². The number of rotatable bonds is 5. The molecule has 3 rings (SSSR count). The van der Waals surface area contributed by atoms with Crippen LogP contribution in [0.4, 0.5) is 18.9 Å². The van der Waals surface area contributed by atoms with Gasteiger partial charge in [0, 0.05) is 23.4 Å². The molecule has 0 radical (unpaired) electrons. The average molecular weight is 444 g/mol. The standard InChI is InChI=1S/C25H28F3N3O/c1-5-18-14-19(10-9-17(18)2)24(32)29-21-12-11-20(22(15-21)25(26,27)28)16-31-13-7-6-8-23(31)30(3)4/h1,9-12,14-15,23H,6-8,13,16H2,2-4H3,(H,29,32). The highest BCUT2D eigenvalue weighted by atomic mass is 19.4. The number of carbonyl (C=O) groups is 1. The van der Waals surface area contributed by atoms with Crippen molar-refractivity contribution in [3.05, 3.63) is 64.2 Å². The van der Waals surface area contributed by atoms with Crippen LogP contribution in [-0.2, 0) is 12.7 Å². The van der Waals surface area contributed by atoms with Crippen LogP contribution in [0.3, 0.4) is 0 Å². The number of piperidine rings is 1. The average Bonchev–Trinajstić information content (AvgIpc) is 2.74. The van der Waals surface area contributed by atoms with E-state index in [4.69, 9.17) is 6.42 Å². The van der Waals surface area contributed by atoms with Crippen LogP contribution in [-0.4, -0.2) is 42.5 Å². The summed E-state index contributed by atoms with van der Waals surface area (Å²) in [7, 11) is 3.89. The molecule has 32 heavy (non-hydrogen) atoms. The fourth-order valence-electron chi connectivity index (χ4n) is 4.14. The Morgan fingerprint density at radius 2 is 1.97 bits per heavy atom. The van der Waals surface area contributed by atoms with Crippen molar-refractivity contribution in [2.75, 3.05) is 26.0 Å². The summed E-state index contributed by atoms with van der Waals surface area (Å²) in [6, 6.07) is 8.87. The topological polar surface area (TPSA) is 35.6 Å². The van der Waals surface area contributed by atoms with Crippen molar-refractivity contribution in [2.24, 2.45) is 0 Å². The van der Waals surface area contributed by atoms with Gasteiger partial charge < -0.3 is 5.32 Å². The Labute approximate surface area is 187 Å². The highest BCUT2D eigenvalue weighted by Gasteiger charge is 2.35. The highest BCUT2D eigenvalue weighted by molar-refractivity contribution is 6.04. The quantitative estimate of drug-likeness (QED) is 0.652. The Bertz CT molecular complexity index is 1020. The molecule has 1 saturated heterocycles. The summed E-state index contributed by atoms with van der Waals surface area (Å²) in [5.41, 5.74) is 1.28.